The Bertz CT molecular complexity index is 601. The summed E-state index contributed by atoms with van der Waals surface area (Å²) in [4.78, 5) is 14.5. The minimum absolute atomic E-state index is 0.0321. The van der Waals surface area contributed by atoms with Gasteiger partial charge in [-0.1, -0.05) is 24.3 Å². The lowest BCUT2D eigenvalue weighted by Crippen LogP contribution is -2.35. The molecule has 1 amide bonds. The summed E-state index contributed by atoms with van der Waals surface area (Å²) in [5.41, 5.74) is 9.44. The monoisotopic (exact) mass is 270 g/mol. The molecule has 5 heteroatoms. The van der Waals surface area contributed by atoms with Crippen LogP contribution in [0.4, 0.5) is 5.69 Å². The van der Waals surface area contributed by atoms with Crippen LogP contribution in [-0.4, -0.2) is 33.7 Å². The average Bonchev–Trinajstić information content (AvgIpc) is 2.67. The van der Waals surface area contributed by atoms with Crippen LogP contribution < -0.4 is 5.73 Å². The van der Waals surface area contributed by atoms with E-state index in [0.29, 0.717) is 11.4 Å². The number of anilines is 1. The van der Waals surface area contributed by atoms with Gasteiger partial charge in [-0.05, 0) is 24.0 Å². The van der Waals surface area contributed by atoms with Crippen molar-refractivity contribution in [2.45, 2.75) is 12.8 Å². The minimum atomic E-state index is -0.0321. The fourth-order valence-corrected chi connectivity index (χ4v) is 2.74. The van der Waals surface area contributed by atoms with Gasteiger partial charge in [0.2, 0.25) is 0 Å². The maximum Gasteiger partial charge on any atom is 0.274 e. The highest BCUT2D eigenvalue weighted by Crippen LogP contribution is 2.18. The van der Waals surface area contributed by atoms with E-state index in [9.17, 15) is 4.79 Å². The van der Waals surface area contributed by atoms with Crippen molar-refractivity contribution in [3.63, 3.8) is 0 Å². The number of amides is 1. The molecule has 2 N–H and O–H groups in total. The highest BCUT2D eigenvalue weighted by atomic mass is 16.2. The lowest BCUT2D eigenvalue weighted by atomic mass is 10.0. The van der Waals surface area contributed by atoms with Crippen LogP contribution in [0.15, 0.2) is 30.5 Å². The van der Waals surface area contributed by atoms with Gasteiger partial charge in [0.15, 0.2) is 0 Å². The molecule has 0 atom stereocenters. The van der Waals surface area contributed by atoms with Gasteiger partial charge in [-0.2, -0.15) is 5.10 Å². The second-order valence-electron chi connectivity index (χ2n) is 5.13. The average molecular weight is 270 g/mol. The number of nitrogens with zero attached hydrogens (tertiary/aromatic N) is 3. The van der Waals surface area contributed by atoms with Crippen LogP contribution in [0.3, 0.4) is 0 Å². The molecule has 104 valence electrons. The predicted molar refractivity (Wildman–Crippen MR) is 77.4 cm³/mol. The number of fused-ring (bicyclic) bond motifs is 1. The molecule has 0 saturated carbocycles. The van der Waals surface area contributed by atoms with Crippen molar-refractivity contribution in [1.82, 2.24) is 14.7 Å². The summed E-state index contributed by atoms with van der Waals surface area (Å²) >= 11 is 0. The first-order valence-corrected chi connectivity index (χ1v) is 6.80. The molecule has 1 aliphatic rings. The summed E-state index contributed by atoms with van der Waals surface area (Å²) in [6.07, 6.45) is 3.30. The lowest BCUT2D eigenvalue weighted by Gasteiger charge is -2.20. The Balaban J connectivity index is 1.82. The van der Waals surface area contributed by atoms with Crippen molar-refractivity contribution in [3.05, 3.63) is 47.3 Å². The molecule has 1 aromatic carbocycles. The maximum atomic E-state index is 12.6. The highest BCUT2D eigenvalue weighted by Gasteiger charge is 2.23. The van der Waals surface area contributed by atoms with Gasteiger partial charge in [-0.15, -0.1) is 0 Å². The molecule has 5 nitrogen and oxygen atoms in total. The molecule has 0 bridgehead atoms. The van der Waals surface area contributed by atoms with E-state index in [1.807, 2.05) is 4.90 Å². The Kier molecular flexibility index (Phi) is 3.18. The Labute approximate surface area is 118 Å². The van der Waals surface area contributed by atoms with Gasteiger partial charge < -0.3 is 10.6 Å². The first kappa shape index (κ1) is 12.7. The zero-order chi connectivity index (χ0) is 14.1. The molecule has 0 spiro atoms. The third-order valence-corrected chi connectivity index (χ3v) is 3.88. The summed E-state index contributed by atoms with van der Waals surface area (Å²) in [6.45, 7) is 1.45. The van der Waals surface area contributed by atoms with Crippen molar-refractivity contribution < 1.29 is 4.79 Å². The van der Waals surface area contributed by atoms with Gasteiger partial charge in [-0.3, -0.25) is 9.48 Å². The van der Waals surface area contributed by atoms with Crippen molar-refractivity contribution in [1.29, 1.82) is 0 Å². The van der Waals surface area contributed by atoms with Crippen molar-refractivity contribution in [2.75, 3.05) is 18.8 Å². The van der Waals surface area contributed by atoms with Gasteiger partial charge >= 0.3 is 0 Å². The van der Waals surface area contributed by atoms with Crippen molar-refractivity contribution in [3.8, 4) is 0 Å². The number of carbonyl (C=O) groups is 1. The maximum absolute atomic E-state index is 12.6. The van der Waals surface area contributed by atoms with Crippen molar-refractivity contribution in [2.24, 2.45) is 7.05 Å². The van der Waals surface area contributed by atoms with E-state index in [2.05, 4.69) is 29.4 Å². The van der Waals surface area contributed by atoms with Crippen LogP contribution in [0.5, 0.6) is 0 Å². The second kappa shape index (κ2) is 5.00. The molecular formula is C15H18N4O. The highest BCUT2D eigenvalue weighted by molar-refractivity contribution is 5.97. The zero-order valence-electron chi connectivity index (χ0n) is 11.5. The Morgan fingerprint density at radius 1 is 1.20 bits per heavy atom. The molecule has 20 heavy (non-hydrogen) atoms. The number of benzene rings is 1. The molecule has 0 radical (unpaired) electrons. The van der Waals surface area contributed by atoms with Gasteiger partial charge in [0.1, 0.15) is 5.69 Å². The van der Waals surface area contributed by atoms with Crippen molar-refractivity contribution >= 4 is 11.6 Å². The van der Waals surface area contributed by atoms with E-state index >= 15 is 0 Å². The topological polar surface area (TPSA) is 64.2 Å². The Morgan fingerprint density at radius 2 is 1.80 bits per heavy atom. The number of nitrogen functional groups attached to an aromatic ring is 1. The first-order chi connectivity index (χ1) is 9.66. The van der Waals surface area contributed by atoms with E-state index in [0.717, 1.165) is 25.9 Å². The normalized spacial score (nSPS) is 14.8. The summed E-state index contributed by atoms with van der Waals surface area (Å²) in [5, 5.41) is 4.04. The van der Waals surface area contributed by atoms with E-state index in [-0.39, 0.29) is 5.91 Å². The Hall–Kier alpha value is -2.30. The van der Waals surface area contributed by atoms with Gasteiger partial charge in [-0.25, -0.2) is 0 Å². The van der Waals surface area contributed by atoms with E-state index in [4.69, 9.17) is 5.73 Å². The number of rotatable bonds is 1. The molecule has 1 aromatic heterocycles. The largest absolute Gasteiger partial charge is 0.396 e. The molecule has 0 saturated heterocycles. The van der Waals surface area contributed by atoms with Gasteiger partial charge in [0.25, 0.3) is 5.91 Å². The molecule has 0 unspecified atom stereocenters. The van der Waals surface area contributed by atoms with Gasteiger partial charge in [0, 0.05) is 20.1 Å². The standard InChI is InChI=1S/C15H18N4O/c1-18-14(13(16)10-17-18)15(20)19-8-6-11-4-2-3-5-12(11)7-9-19/h2-5,10H,6-9,16H2,1H3. The third-order valence-electron chi connectivity index (χ3n) is 3.88. The molecule has 1 aliphatic heterocycles. The van der Waals surface area contributed by atoms with Crippen LogP contribution in [0.1, 0.15) is 21.6 Å². The number of nitrogens with two attached hydrogens (primary N) is 1. The number of hydrogen-bond donors (Lipinski definition) is 1. The van der Waals surface area contributed by atoms with E-state index in [1.165, 1.54) is 17.3 Å². The zero-order valence-corrected chi connectivity index (χ0v) is 11.5. The molecule has 2 aromatic rings. The lowest BCUT2D eigenvalue weighted by molar-refractivity contribution is 0.0753. The van der Waals surface area contributed by atoms with Crippen LogP contribution in [0.25, 0.3) is 0 Å². The SMILES string of the molecule is Cn1ncc(N)c1C(=O)N1CCc2ccccc2CC1. The number of aromatic nitrogens is 2. The van der Waals surface area contributed by atoms with E-state index in [1.54, 1.807) is 11.7 Å². The fourth-order valence-electron chi connectivity index (χ4n) is 2.74. The molecule has 2 heterocycles. The van der Waals surface area contributed by atoms with Gasteiger partial charge in [0.05, 0.1) is 11.9 Å². The van der Waals surface area contributed by atoms with Crippen LogP contribution in [-0.2, 0) is 19.9 Å². The number of aryl methyl sites for hydroxylation is 1. The molecule has 0 fully saturated rings. The number of carbonyl (C=O) groups excluding carboxylic acids is 1. The fraction of sp³-hybridized carbons (Fsp3) is 0.333. The molecular weight excluding hydrogens is 252 g/mol. The molecule has 0 aliphatic carbocycles. The van der Waals surface area contributed by atoms with Crippen LogP contribution in [0, 0.1) is 0 Å². The first-order valence-electron chi connectivity index (χ1n) is 6.80. The summed E-state index contributed by atoms with van der Waals surface area (Å²) in [5.74, 6) is -0.0321. The van der Waals surface area contributed by atoms with E-state index < -0.39 is 0 Å². The second-order valence-corrected chi connectivity index (χ2v) is 5.13. The molecule has 3 rings (SSSR count). The van der Waals surface area contributed by atoms with Crippen LogP contribution >= 0.6 is 0 Å². The predicted octanol–water partition coefficient (Wildman–Crippen LogP) is 1.24. The summed E-state index contributed by atoms with van der Waals surface area (Å²) in [6, 6.07) is 8.38. The Morgan fingerprint density at radius 3 is 2.30 bits per heavy atom. The quantitative estimate of drug-likeness (QED) is 0.848. The number of hydrogen-bond acceptors (Lipinski definition) is 3. The minimum Gasteiger partial charge on any atom is -0.396 e. The van der Waals surface area contributed by atoms with Crippen LogP contribution in [0.2, 0.25) is 0 Å². The third kappa shape index (κ3) is 2.15. The smallest absolute Gasteiger partial charge is 0.274 e. The summed E-state index contributed by atoms with van der Waals surface area (Å²) in [7, 11) is 1.75. The summed E-state index contributed by atoms with van der Waals surface area (Å²) < 4.78 is 1.55.